The first-order chi connectivity index (χ1) is 18.5. The molecule has 0 aliphatic heterocycles. The number of hydrogen-bond acceptors (Lipinski definition) is 5. The Bertz CT molecular complexity index is 1010. The van der Waals surface area contributed by atoms with E-state index in [0.29, 0.717) is 24.3 Å². The Kier molecular flexibility index (Phi) is 16.3. The van der Waals surface area contributed by atoms with Gasteiger partial charge in [0, 0.05) is 27.2 Å². The standard InChI is InChI=1S/C30H55N5O3/c1-4-5-6-7-8-9-10-11-12-13-16-19-22-31-24-26(36)21-18-15-14-17-20-23-35-29(37)27-28(32-25-33(27)2)34(3)30(35)38/h25-26,31,36H,4-24H2,1-3H3. The van der Waals surface area contributed by atoms with Gasteiger partial charge in [-0.3, -0.25) is 13.9 Å². The molecule has 0 aromatic carbocycles. The van der Waals surface area contributed by atoms with Crippen LogP contribution in [0.25, 0.3) is 11.2 Å². The maximum absolute atomic E-state index is 12.7. The highest BCUT2D eigenvalue weighted by Gasteiger charge is 2.14. The molecule has 218 valence electrons. The summed E-state index contributed by atoms with van der Waals surface area (Å²) in [5.41, 5.74) is 0.330. The Hall–Kier alpha value is -1.93. The van der Waals surface area contributed by atoms with Gasteiger partial charge in [-0.1, -0.05) is 103 Å². The minimum absolute atomic E-state index is 0.262. The minimum Gasteiger partial charge on any atom is -0.392 e. The van der Waals surface area contributed by atoms with Gasteiger partial charge in [0.25, 0.3) is 5.56 Å². The number of aliphatic hydroxyl groups excluding tert-OH is 1. The topological polar surface area (TPSA) is 94.1 Å². The van der Waals surface area contributed by atoms with E-state index in [1.54, 1.807) is 25.0 Å². The highest BCUT2D eigenvalue weighted by atomic mass is 16.3. The number of aromatic nitrogens is 4. The molecule has 0 saturated heterocycles. The van der Waals surface area contributed by atoms with Gasteiger partial charge in [-0.15, -0.1) is 0 Å². The summed E-state index contributed by atoms with van der Waals surface area (Å²) in [5.74, 6) is 0. The number of aliphatic hydroxyl groups is 1. The monoisotopic (exact) mass is 533 g/mol. The third-order valence-electron chi connectivity index (χ3n) is 7.71. The van der Waals surface area contributed by atoms with Gasteiger partial charge in [-0.25, -0.2) is 9.78 Å². The van der Waals surface area contributed by atoms with Crippen molar-refractivity contribution in [2.45, 2.75) is 135 Å². The third-order valence-corrected chi connectivity index (χ3v) is 7.71. The van der Waals surface area contributed by atoms with Gasteiger partial charge in [0.1, 0.15) is 0 Å². The van der Waals surface area contributed by atoms with Crippen LogP contribution >= 0.6 is 0 Å². The van der Waals surface area contributed by atoms with Crippen molar-refractivity contribution in [2.75, 3.05) is 13.1 Å². The van der Waals surface area contributed by atoms with Crippen molar-refractivity contribution in [3.8, 4) is 0 Å². The van der Waals surface area contributed by atoms with Crippen LogP contribution in [0, 0.1) is 0 Å². The normalized spacial score (nSPS) is 12.5. The van der Waals surface area contributed by atoms with Gasteiger partial charge in [-0.05, 0) is 25.8 Å². The fourth-order valence-corrected chi connectivity index (χ4v) is 5.24. The van der Waals surface area contributed by atoms with Crippen LogP contribution in [0.1, 0.15) is 122 Å². The summed E-state index contributed by atoms with van der Waals surface area (Å²) in [5, 5.41) is 13.6. The van der Waals surface area contributed by atoms with Crippen molar-refractivity contribution in [1.82, 2.24) is 24.0 Å². The summed E-state index contributed by atoms with van der Waals surface area (Å²) in [6, 6.07) is 0. The lowest BCUT2D eigenvalue weighted by molar-refractivity contribution is 0.158. The van der Waals surface area contributed by atoms with Gasteiger partial charge < -0.3 is 15.0 Å². The first kappa shape index (κ1) is 32.3. The average Bonchev–Trinajstić information content (AvgIpc) is 3.30. The van der Waals surface area contributed by atoms with Crippen LogP contribution in [-0.4, -0.2) is 43.0 Å². The maximum Gasteiger partial charge on any atom is 0.332 e. The zero-order valence-corrected chi connectivity index (χ0v) is 24.6. The number of nitrogens with zero attached hydrogens (tertiary/aromatic N) is 4. The molecular formula is C30H55N5O3. The van der Waals surface area contributed by atoms with Crippen molar-refractivity contribution in [1.29, 1.82) is 0 Å². The summed E-state index contributed by atoms with van der Waals surface area (Å²) in [6.45, 7) is 4.38. The number of aryl methyl sites for hydroxylation is 2. The summed E-state index contributed by atoms with van der Waals surface area (Å²) in [6.07, 6.45) is 23.3. The van der Waals surface area contributed by atoms with Crippen LogP contribution in [0.2, 0.25) is 0 Å². The molecule has 8 heteroatoms. The second-order valence-electron chi connectivity index (χ2n) is 11.1. The number of fused-ring (bicyclic) bond motifs is 1. The molecule has 0 spiro atoms. The lowest BCUT2D eigenvalue weighted by Crippen LogP contribution is -2.39. The van der Waals surface area contributed by atoms with Crippen LogP contribution in [0.15, 0.2) is 15.9 Å². The van der Waals surface area contributed by atoms with Crippen LogP contribution in [0.4, 0.5) is 0 Å². The van der Waals surface area contributed by atoms with Crippen molar-refractivity contribution in [2.24, 2.45) is 14.1 Å². The Morgan fingerprint density at radius 3 is 2.00 bits per heavy atom. The second kappa shape index (κ2) is 19.2. The van der Waals surface area contributed by atoms with E-state index in [-0.39, 0.29) is 17.4 Å². The molecule has 0 aliphatic carbocycles. The fraction of sp³-hybridized carbons (Fsp3) is 0.833. The summed E-state index contributed by atoms with van der Waals surface area (Å²) in [4.78, 5) is 29.4. The Morgan fingerprint density at radius 1 is 0.816 bits per heavy atom. The molecule has 2 aromatic heterocycles. The van der Waals surface area contributed by atoms with Crippen molar-refractivity contribution >= 4 is 11.2 Å². The molecule has 8 nitrogen and oxygen atoms in total. The zero-order valence-electron chi connectivity index (χ0n) is 24.6. The second-order valence-corrected chi connectivity index (χ2v) is 11.1. The fourth-order valence-electron chi connectivity index (χ4n) is 5.24. The highest BCUT2D eigenvalue weighted by Crippen LogP contribution is 2.12. The highest BCUT2D eigenvalue weighted by molar-refractivity contribution is 5.69. The van der Waals surface area contributed by atoms with Crippen LogP contribution in [0.3, 0.4) is 0 Å². The number of unbranched alkanes of at least 4 members (excludes halogenated alkanes) is 15. The van der Waals surface area contributed by atoms with Gasteiger partial charge in [0.15, 0.2) is 11.2 Å². The molecule has 2 N–H and O–H groups in total. The molecule has 0 aliphatic rings. The van der Waals surface area contributed by atoms with E-state index in [1.807, 2.05) is 0 Å². The van der Waals surface area contributed by atoms with E-state index >= 15 is 0 Å². The first-order valence-corrected chi connectivity index (χ1v) is 15.5. The molecule has 2 heterocycles. The largest absolute Gasteiger partial charge is 0.392 e. The van der Waals surface area contributed by atoms with Crippen LogP contribution in [-0.2, 0) is 20.6 Å². The first-order valence-electron chi connectivity index (χ1n) is 15.5. The molecule has 0 amide bonds. The molecule has 38 heavy (non-hydrogen) atoms. The SMILES string of the molecule is CCCCCCCCCCCCCCNCC(O)CCCCCCCn1c(=O)c2c(ncn2C)n(C)c1=O. The minimum atomic E-state index is -0.305. The average molecular weight is 534 g/mol. The zero-order chi connectivity index (χ0) is 27.6. The Balaban J connectivity index is 1.41. The number of imidazole rings is 1. The molecule has 0 saturated carbocycles. The van der Waals surface area contributed by atoms with Gasteiger partial charge in [-0.2, -0.15) is 0 Å². The lowest BCUT2D eigenvalue weighted by atomic mass is 10.1. The maximum atomic E-state index is 12.7. The molecule has 1 atom stereocenters. The number of nitrogens with one attached hydrogen (secondary N) is 1. The molecule has 0 bridgehead atoms. The van der Waals surface area contributed by atoms with E-state index < -0.39 is 0 Å². The molecule has 2 aromatic rings. The van der Waals surface area contributed by atoms with E-state index in [4.69, 9.17) is 0 Å². The quantitative estimate of drug-likeness (QED) is 0.186. The van der Waals surface area contributed by atoms with Gasteiger partial charge in [0.05, 0.1) is 12.4 Å². The van der Waals surface area contributed by atoms with E-state index in [2.05, 4.69) is 17.2 Å². The van der Waals surface area contributed by atoms with Gasteiger partial charge in [0.2, 0.25) is 0 Å². The van der Waals surface area contributed by atoms with E-state index in [1.165, 1.54) is 86.2 Å². The van der Waals surface area contributed by atoms with Crippen LogP contribution in [0.5, 0.6) is 0 Å². The molecule has 0 fully saturated rings. The summed E-state index contributed by atoms with van der Waals surface area (Å²) < 4.78 is 4.45. The van der Waals surface area contributed by atoms with Crippen molar-refractivity contribution in [3.05, 3.63) is 27.2 Å². The predicted molar refractivity (Wildman–Crippen MR) is 158 cm³/mol. The van der Waals surface area contributed by atoms with E-state index in [9.17, 15) is 14.7 Å². The molecule has 0 radical (unpaired) electrons. The molecule has 1 unspecified atom stereocenters. The number of rotatable bonds is 23. The van der Waals surface area contributed by atoms with Crippen LogP contribution < -0.4 is 16.6 Å². The van der Waals surface area contributed by atoms with Crippen molar-refractivity contribution < 1.29 is 5.11 Å². The van der Waals surface area contributed by atoms with Crippen molar-refractivity contribution in [3.63, 3.8) is 0 Å². The predicted octanol–water partition coefficient (Wildman–Crippen LogP) is 5.43. The Labute approximate surface area is 229 Å². The summed E-state index contributed by atoms with van der Waals surface area (Å²) in [7, 11) is 3.43. The lowest BCUT2D eigenvalue weighted by Gasteiger charge is -2.12. The van der Waals surface area contributed by atoms with Gasteiger partial charge >= 0.3 is 5.69 Å². The van der Waals surface area contributed by atoms with E-state index in [0.717, 1.165) is 45.1 Å². The number of hydrogen-bond donors (Lipinski definition) is 2. The Morgan fingerprint density at radius 2 is 1.37 bits per heavy atom. The smallest absolute Gasteiger partial charge is 0.332 e. The summed E-state index contributed by atoms with van der Waals surface area (Å²) >= 11 is 0. The third kappa shape index (κ3) is 11.4. The molecular weight excluding hydrogens is 478 g/mol. The molecule has 2 rings (SSSR count).